The van der Waals surface area contributed by atoms with Gasteiger partial charge in [-0.1, -0.05) is 23.8 Å². The van der Waals surface area contributed by atoms with Gasteiger partial charge in [-0.15, -0.1) is 0 Å². The molecule has 0 aliphatic heterocycles. The number of hydrogen-bond donors (Lipinski definition) is 2. The molecule has 1 atom stereocenters. The third-order valence-electron chi connectivity index (χ3n) is 3.71. The molecule has 0 aliphatic rings. The Balaban J connectivity index is 2.30. The summed E-state index contributed by atoms with van der Waals surface area (Å²) in [6.07, 6.45) is 0.843. The smallest absolute Gasteiger partial charge is 0.0596 e. The lowest BCUT2D eigenvalue weighted by Crippen LogP contribution is -2.30. The molecule has 0 aliphatic carbocycles. The highest BCUT2D eigenvalue weighted by Gasteiger charge is 2.16. The van der Waals surface area contributed by atoms with E-state index in [0.717, 1.165) is 18.7 Å². The Labute approximate surface area is 121 Å². The standard InChI is InChI=1S/C16H24N4/c1-5-20-14(9-13(4)19-20)10-16(18-17)15-8-11(2)6-7-12(15)3/h6-9,16,18H,5,10,17H2,1-4H3. The molecule has 0 saturated heterocycles. The zero-order chi connectivity index (χ0) is 14.7. The van der Waals surface area contributed by atoms with Gasteiger partial charge in [-0.25, -0.2) is 0 Å². The van der Waals surface area contributed by atoms with E-state index in [4.69, 9.17) is 5.84 Å². The van der Waals surface area contributed by atoms with E-state index in [0.29, 0.717) is 0 Å². The number of benzene rings is 1. The third-order valence-corrected chi connectivity index (χ3v) is 3.71. The largest absolute Gasteiger partial charge is 0.271 e. The summed E-state index contributed by atoms with van der Waals surface area (Å²) in [4.78, 5) is 0. The van der Waals surface area contributed by atoms with Crippen molar-refractivity contribution in [1.29, 1.82) is 0 Å². The van der Waals surface area contributed by atoms with E-state index >= 15 is 0 Å². The molecule has 0 amide bonds. The lowest BCUT2D eigenvalue weighted by atomic mass is 9.96. The maximum absolute atomic E-state index is 5.79. The SMILES string of the molecule is CCn1nc(C)cc1CC(NN)c1cc(C)ccc1C. The average molecular weight is 272 g/mol. The van der Waals surface area contributed by atoms with Gasteiger partial charge < -0.3 is 0 Å². The van der Waals surface area contributed by atoms with Crippen LogP contribution in [0.5, 0.6) is 0 Å². The second kappa shape index (κ2) is 6.20. The highest BCUT2D eigenvalue weighted by atomic mass is 15.3. The van der Waals surface area contributed by atoms with Crippen LogP contribution in [0, 0.1) is 20.8 Å². The Kier molecular flexibility index (Phi) is 4.57. The summed E-state index contributed by atoms with van der Waals surface area (Å²) in [6, 6.07) is 8.74. The molecule has 4 nitrogen and oxygen atoms in total. The number of aryl methyl sites for hydroxylation is 4. The van der Waals surface area contributed by atoms with Gasteiger partial charge in [-0.05, 0) is 44.9 Å². The fraction of sp³-hybridized carbons (Fsp3) is 0.438. The molecule has 1 aromatic heterocycles. The van der Waals surface area contributed by atoms with E-state index in [1.54, 1.807) is 0 Å². The van der Waals surface area contributed by atoms with Gasteiger partial charge in [0.2, 0.25) is 0 Å². The Bertz CT molecular complexity index is 586. The first-order chi connectivity index (χ1) is 9.55. The summed E-state index contributed by atoms with van der Waals surface area (Å²) < 4.78 is 2.05. The Morgan fingerprint density at radius 1 is 1.25 bits per heavy atom. The zero-order valence-corrected chi connectivity index (χ0v) is 12.8. The van der Waals surface area contributed by atoms with Crippen LogP contribution in [0.3, 0.4) is 0 Å². The first kappa shape index (κ1) is 14.8. The van der Waals surface area contributed by atoms with Gasteiger partial charge >= 0.3 is 0 Å². The molecular formula is C16H24N4. The van der Waals surface area contributed by atoms with Gasteiger partial charge in [0.1, 0.15) is 0 Å². The maximum Gasteiger partial charge on any atom is 0.0596 e. The van der Waals surface area contributed by atoms with Gasteiger partial charge in [0, 0.05) is 18.7 Å². The first-order valence-corrected chi connectivity index (χ1v) is 7.11. The normalized spacial score (nSPS) is 12.7. The van der Waals surface area contributed by atoms with Crippen LogP contribution in [0.4, 0.5) is 0 Å². The number of nitrogens with one attached hydrogen (secondary N) is 1. The summed E-state index contributed by atoms with van der Waals surface area (Å²) in [5.74, 6) is 5.79. The van der Waals surface area contributed by atoms with E-state index in [1.165, 1.54) is 22.4 Å². The van der Waals surface area contributed by atoms with Crippen LogP contribution < -0.4 is 11.3 Å². The van der Waals surface area contributed by atoms with Crippen molar-refractivity contribution in [3.8, 4) is 0 Å². The molecule has 2 aromatic rings. The maximum atomic E-state index is 5.79. The van der Waals surface area contributed by atoms with Gasteiger partial charge in [0.05, 0.1) is 11.7 Å². The molecule has 1 unspecified atom stereocenters. The predicted octanol–water partition coefficient (Wildman–Crippen LogP) is 2.58. The van der Waals surface area contributed by atoms with Crippen LogP contribution in [0.25, 0.3) is 0 Å². The third kappa shape index (κ3) is 3.08. The second-order valence-corrected chi connectivity index (χ2v) is 5.38. The van der Waals surface area contributed by atoms with E-state index in [1.807, 2.05) is 11.6 Å². The van der Waals surface area contributed by atoms with Crippen molar-refractivity contribution in [3.63, 3.8) is 0 Å². The summed E-state index contributed by atoms with van der Waals surface area (Å²) in [5.41, 5.74) is 9.00. The highest BCUT2D eigenvalue weighted by Crippen LogP contribution is 2.22. The highest BCUT2D eigenvalue weighted by molar-refractivity contribution is 5.33. The summed E-state index contributed by atoms with van der Waals surface area (Å²) in [7, 11) is 0. The van der Waals surface area contributed by atoms with Crippen molar-refractivity contribution in [3.05, 3.63) is 52.3 Å². The number of hydrogen-bond acceptors (Lipinski definition) is 3. The quantitative estimate of drug-likeness (QED) is 0.650. The van der Waals surface area contributed by atoms with Gasteiger partial charge in [-0.2, -0.15) is 5.10 Å². The summed E-state index contributed by atoms with van der Waals surface area (Å²) >= 11 is 0. The number of nitrogens with zero attached hydrogens (tertiary/aromatic N) is 2. The monoisotopic (exact) mass is 272 g/mol. The minimum atomic E-state index is 0.108. The van der Waals surface area contributed by atoms with Crippen molar-refractivity contribution in [2.75, 3.05) is 0 Å². The summed E-state index contributed by atoms with van der Waals surface area (Å²) in [6.45, 7) is 9.25. The van der Waals surface area contributed by atoms with Crippen LogP contribution >= 0.6 is 0 Å². The van der Waals surface area contributed by atoms with Crippen molar-refractivity contribution in [1.82, 2.24) is 15.2 Å². The van der Waals surface area contributed by atoms with Crippen LogP contribution in [-0.2, 0) is 13.0 Å². The first-order valence-electron chi connectivity index (χ1n) is 7.11. The molecule has 2 rings (SSSR count). The molecule has 4 heteroatoms. The predicted molar refractivity (Wildman–Crippen MR) is 82.3 cm³/mol. The minimum Gasteiger partial charge on any atom is -0.271 e. The zero-order valence-electron chi connectivity index (χ0n) is 12.8. The molecule has 1 aromatic carbocycles. The van der Waals surface area contributed by atoms with E-state index in [-0.39, 0.29) is 6.04 Å². The number of hydrazine groups is 1. The van der Waals surface area contributed by atoms with Crippen molar-refractivity contribution < 1.29 is 0 Å². The number of aromatic nitrogens is 2. The van der Waals surface area contributed by atoms with E-state index < -0.39 is 0 Å². The molecule has 0 spiro atoms. The van der Waals surface area contributed by atoms with E-state index in [2.05, 4.69) is 55.6 Å². The molecule has 0 fully saturated rings. The molecule has 1 heterocycles. The molecule has 0 saturated carbocycles. The fourth-order valence-electron chi connectivity index (χ4n) is 2.64. The van der Waals surface area contributed by atoms with Gasteiger partial charge in [0.15, 0.2) is 0 Å². The molecule has 20 heavy (non-hydrogen) atoms. The summed E-state index contributed by atoms with van der Waals surface area (Å²) in [5, 5.41) is 4.50. The lowest BCUT2D eigenvalue weighted by Gasteiger charge is -2.19. The van der Waals surface area contributed by atoms with Gasteiger partial charge in [0.25, 0.3) is 0 Å². The topological polar surface area (TPSA) is 55.9 Å². The van der Waals surface area contributed by atoms with Gasteiger partial charge in [-0.3, -0.25) is 16.0 Å². The molecule has 0 radical (unpaired) electrons. The van der Waals surface area contributed by atoms with E-state index in [9.17, 15) is 0 Å². The lowest BCUT2D eigenvalue weighted by molar-refractivity contribution is 0.515. The Morgan fingerprint density at radius 3 is 2.65 bits per heavy atom. The van der Waals surface area contributed by atoms with Crippen molar-refractivity contribution in [2.45, 2.75) is 46.7 Å². The average Bonchev–Trinajstić information content (AvgIpc) is 2.79. The Hall–Kier alpha value is -1.65. The Morgan fingerprint density at radius 2 is 2.00 bits per heavy atom. The van der Waals surface area contributed by atoms with Crippen LogP contribution in [0.15, 0.2) is 24.3 Å². The second-order valence-electron chi connectivity index (χ2n) is 5.38. The minimum absolute atomic E-state index is 0.108. The fourth-order valence-corrected chi connectivity index (χ4v) is 2.64. The van der Waals surface area contributed by atoms with Crippen molar-refractivity contribution in [2.24, 2.45) is 5.84 Å². The number of nitrogens with two attached hydrogens (primary N) is 1. The van der Waals surface area contributed by atoms with Crippen LogP contribution in [-0.4, -0.2) is 9.78 Å². The van der Waals surface area contributed by atoms with Crippen molar-refractivity contribution >= 4 is 0 Å². The van der Waals surface area contributed by atoms with Crippen LogP contribution in [0.1, 0.15) is 41.0 Å². The number of rotatable bonds is 5. The molecule has 108 valence electrons. The molecule has 3 N–H and O–H groups in total. The van der Waals surface area contributed by atoms with Crippen LogP contribution in [0.2, 0.25) is 0 Å². The molecule has 0 bridgehead atoms. The molecular weight excluding hydrogens is 248 g/mol.